The van der Waals surface area contributed by atoms with Crippen LogP contribution in [0.5, 0.6) is 17.2 Å². The van der Waals surface area contributed by atoms with E-state index in [0.717, 1.165) is 23.8 Å². The number of fused-ring (bicyclic) bond motifs is 1. The Morgan fingerprint density at radius 1 is 1.19 bits per heavy atom. The van der Waals surface area contributed by atoms with Gasteiger partial charge in [-0.25, -0.2) is 0 Å². The number of carbonyl (C=O) groups is 3. The summed E-state index contributed by atoms with van der Waals surface area (Å²) >= 11 is 5.12. The zero-order valence-electron chi connectivity index (χ0n) is 16.6. The molecule has 4 rings (SSSR count). The number of halogens is 2. The standard InChI is InChI=1S/C21H16I2N2O6S/c1-29-19-11(6-12(22)8-14(19)23)7-17-20(27)25(21(28)32-17)10-18(26)24-13-2-3-15-16(9-13)31-5-4-30-15/h2-3,6-9H,4-5,10H2,1H3,(H,24,26)/b17-7+. The Bertz CT molecular complexity index is 1150. The van der Waals surface area contributed by atoms with Crippen molar-refractivity contribution in [1.29, 1.82) is 0 Å². The van der Waals surface area contributed by atoms with Gasteiger partial charge in [-0.1, -0.05) is 0 Å². The van der Waals surface area contributed by atoms with Crippen molar-refractivity contribution >= 4 is 85.8 Å². The highest BCUT2D eigenvalue weighted by molar-refractivity contribution is 14.1. The maximum absolute atomic E-state index is 12.8. The number of hydrogen-bond acceptors (Lipinski definition) is 7. The lowest BCUT2D eigenvalue weighted by atomic mass is 10.2. The van der Waals surface area contributed by atoms with Gasteiger partial charge in [-0.3, -0.25) is 19.3 Å². The topological polar surface area (TPSA) is 94.2 Å². The Hall–Kier alpha value is -2.00. The summed E-state index contributed by atoms with van der Waals surface area (Å²) < 4.78 is 18.3. The van der Waals surface area contributed by atoms with Gasteiger partial charge in [0.15, 0.2) is 11.5 Å². The third kappa shape index (κ3) is 4.98. The number of anilines is 1. The van der Waals surface area contributed by atoms with Crippen molar-refractivity contribution in [2.75, 3.05) is 32.2 Å². The number of ether oxygens (including phenoxy) is 3. The molecule has 2 aliphatic heterocycles. The van der Waals surface area contributed by atoms with Crippen molar-refractivity contribution in [1.82, 2.24) is 4.90 Å². The molecule has 3 amide bonds. The molecule has 0 spiro atoms. The van der Waals surface area contributed by atoms with Crippen molar-refractivity contribution in [3.63, 3.8) is 0 Å². The van der Waals surface area contributed by atoms with Crippen molar-refractivity contribution < 1.29 is 28.6 Å². The van der Waals surface area contributed by atoms with E-state index in [-0.39, 0.29) is 4.91 Å². The summed E-state index contributed by atoms with van der Waals surface area (Å²) in [5, 5.41) is 2.18. The third-order valence-electron chi connectivity index (χ3n) is 4.53. The number of rotatable bonds is 5. The molecule has 1 saturated heterocycles. The summed E-state index contributed by atoms with van der Waals surface area (Å²) in [6, 6.07) is 8.83. The fourth-order valence-corrected chi connectivity index (χ4v) is 6.08. The van der Waals surface area contributed by atoms with Gasteiger partial charge in [0.25, 0.3) is 11.1 Å². The van der Waals surface area contributed by atoms with Gasteiger partial charge >= 0.3 is 0 Å². The third-order valence-corrected chi connectivity index (χ3v) is 6.86. The fourth-order valence-electron chi connectivity index (χ4n) is 3.15. The molecule has 0 atom stereocenters. The number of amides is 3. The largest absolute Gasteiger partial charge is 0.495 e. The summed E-state index contributed by atoms with van der Waals surface area (Å²) in [7, 11) is 1.55. The Morgan fingerprint density at radius 2 is 1.94 bits per heavy atom. The zero-order chi connectivity index (χ0) is 22.8. The first-order valence-electron chi connectivity index (χ1n) is 9.33. The molecule has 2 aromatic carbocycles. The Kier molecular flexibility index (Phi) is 7.14. The molecule has 2 heterocycles. The number of nitrogens with one attached hydrogen (secondary N) is 1. The van der Waals surface area contributed by atoms with Crippen LogP contribution in [0.4, 0.5) is 10.5 Å². The minimum absolute atomic E-state index is 0.234. The van der Waals surface area contributed by atoms with Crippen molar-refractivity contribution in [2.45, 2.75) is 0 Å². The number of imide groups is 1. The van der Waals surface area contributed by atoms with Gasteiger partial charge < -0.3 is 19.5 Å². The monoisotopic (exact) mass is 678 g/mol. The number of thioether (sulfide) groups is 1. The molecule has 0 unspecified atom stereocenters. The number of methoxy groups -OCH3 is 1. The van der Waals surface area contributed by atoms with Crippen LogP contribution in [-0.2, 0) is 9.59 Å². The van der Waals surface area contributed by atoms with Crippen molar-refractivity contribution in [3.8, 4) is 17.2 Å². The van der Waals surface area contributed by atoms with Crippen LogP contribution in [0.15, 0.2) is 35.2 Å². The molecule has 0 bridgehead atoms. The maximum atomic E-state index is 12.8. The van der Waals surface area contributed by atoms with Gasteiger partial charge in [-0.15, -0.1) is 0 Å². The van der Waals surface area contributed by atoms with E-state index in [1.165, 1.54) is 0 Å². The van der Waals surface area contributed by atoms with Crippen LogP contribution in [-0.4, -0.2) is 48.8 Å². The van der Waals surface area contributed by atoms with E-state index in [2.05, 4.69) is 50.5 Å². The van der Waals surface area contributed by atoms with Gasteiger partial charge in [0.05, 0.1) is 15.6 Å². The number of carbonyl (C=O) groups excluding carboxylic acids is 3. The van der Waals surface area contributed by atoms with Crippen molar-refractivity contribution in [3.05, 3.63) is 47.9 Å². The summed E-state index contributed by atoms with van der Waals surface area (Å²) in [5.74, 6) is 0.740. The Morgan fingerprint density at radius 3 is 2.69 bits per heavy atom. The molecule has 1 fully saturated rings. The average Bonchev–Trinajstić information content (AvgIpc) is 3.00. The van der Waals surface area contributed by atoms with E-state index in [1.54, 1.807) is 31.4 Å². The molecule has 8 nitrogen and oxygen atoms in total. The Labute approximate surface area is 215 Å². The first-order valence-corrected chi connectivity index (χ1v) is 12.3. The second-order valence-electron chi connectivity index (χ2n) is 6.68. The van der Waals surface area contributed by atoms with Crippen LogP contribution in [0.1, 0.15) is 5.56 Å². The number of benzene rings is 2. The lowest BCUT2D eigenvalue weighted by molar-refractivity contribution is -0.127. The second-order valence-corrected chi connectivity index (χ2v) is 10.1. The minimum atomic E-state index is -0.520. The SMILES string of the molecule is COc1c(I)cc(I)cc1/C=C1/SC(=O)N(CC(=O)Nc2ccc3c(c2)OCCO3)C1=O. The molecule has 32 heavy (non-hydrogen) atoms. The summed E-state index contributed by atoms with van der Waals surface area (Å²) in [4.78, 5) is 38.9. The minimum Gasteiger partial charge on any atom is -0.495 e. The van der Waals surface area contributed by atoms with Gasteiger partial charge in [-0.05, 0) is 87.3 Å². The van der Waals surface area contributed by atoms with Gasteiger partial charge in [0.2, 0.25) is 5.91 Å². The molecule has 0 aromatic heterocycles. The van der Waals surface area contributed by atoms with Gasteiger partial charge in [-0.2, -0.15) is 0 Å². The molecule has 166 valence electrons. The molecule has 2 aromatic rings. The first-order chi connectivity index (χ1) is 15.4. The Balaban J connectivity index is 1.48. The van der Waals surface area contributed by atoms with Gasteiger partial charge in [0, 0.05) is 20.9 Å². The molecule has 0 saturated carbocycles. The number of nitrogens with zero attached hydrogens (tertiary/aromatic N) is 1. The normalized spacial score (nSPS) is 16.5. The average molecular weight is 678 g/mol. The number of hydrogen-bond donors (Lipinski definition) is 1. The van der Waals surface area contributed by atoms with E-state index in [0.29, 0.717) is 41.7 Å². The first kappa shape index (κ1) is 23.2. The van der Waals surface area contributed by atoms with E-state index in [4.69, 9.17) is 14.2 Å². The van der Waals surface area contributed by atoms with Crippen LogP contribution < -0.4 is 19.5 Å². The van der Waals surface area contributed by atoms with E-state index in [1.807, 2.05) is 12.1 Å². The molecule has 0 radical (unpaired) electrons. The molecular formula is C21H16I2N2O6S. The maximum Gasteiger partial charge on any atom is 0.294 e. The van der Waals surface area contributed by atoms with Crippen molar-refractivity contribution in [2.24, 2.45) is 0 Å². The van der Waals surface area contributed by atoms with Crippen LogP contribution >= 0.6 is 56.9 Å². The van der Waals surface area contributed by atoms with Crippen LogP contribution in [0.25, 0.3) is 6.08 Å². The lowest BCUT2D eigenvalue weighted by Gasteiger charge is -2.19. The molecule has 0 aliphatic carbocycles. The zero-order valence-corrected chi connectivity index (χ0v) is 21.8. The van der Waals surface area contributed by atoms with Gasteiger partial charge in [0.1, 0.15) is 25.5 Å². The summed E-state index contributed by atoms with van der Waals surface area (Å²) in [6.45, 7) is 0.508. The summed E-state index contributed by atoms with van der Waals surface area (Å²) in [6.07, 6.45) is 1.62. The highest BCUT2D eigenvalue weighted by Crippen LogP contribution is 2.36. The molecule has 2 aliphatic rings. The molecule has 1 N–H and O–H groups in total. The highest BCUT2D eigenvalue weighted by Gasteiger charge is 2.36. The lowest BCUT2D eigenvalue weighted by Crippen LogP contribution is -2.36. The van der Waals surface area contributed by atoms with E-state index in [9.17, 15) is 14.4 Å². The fraction of sp³-hybridized carbons (Fsp3) is 0.190. The second kappa shape index (κ2) is 9.87. The van der Waals surface area contributed by atoms with E-state index < -0.39 is 23.6 Å². The smallest absolute Gasteiger partial charge is 0.294 e. The predicted octanol–water partition coefficient (Wildman–Crippen LogP) is 4.35. The quantitative estimate of drug-likeness (QED) is 0.372. The van der Waals surface area contributed by atoms with E-state index >= 15 is 0 Å². The molecule has 11 heteroatoms. The van der Waals surface area contributed by atoms with Crippen LogP contribution in [0, 0.1) is 7.14 Å². The molecular weight excluding hydrogens is 662 g/mol. The predicted molar refractivity (Wildman–Crippen MR) is 137 cm³/mol. The highest BCUT2D eigenvalue weighted by atomic mass is 127. The summed E-state index contributed by atoms with van der Waals surface area (Å²) in [5.41, 5.74) is 1.18. The van der Waals surface area contributed by atoms with Crippen LogP contribution in [0.3, 0.4) is 0 Å². The van der Waals surface area contributed by atoms with Crippen LogP contribution in [0.2, 0.25) is 0 Å².